The summed E-state index contributed by atoms with van der Waals surface area (Å²) in [5.41, 5.74) is 0. The van der Waals surface area contributed by atoms with Crippen LogP contribution in [-0.2, 0) is 11.8 Å². The van der Waals surface area contributed by atoms with Crippen molar-refractivity contribution in [2.75, 3.05) is 0 Å². The van der Waals surface area contributed by atoms with Crippen molar-refractivity contribution in [1.29, 1.82) is 0 Å². The van der Waals surface area contributed by atoms with E-state index in [0.717, 1.165) is 0 Å². The predicted molar refractivity (Wildman–Crippen MR) is 24.5 cm³/mol. The molecule has 0 amide bonds. The first-order chi connectivity index (χ1) is 2.00. The zero-order valence-electron chi connectivity index (χ0n) is 2.33. The van der Waals surface area contributed by atoms with Gasteiger partial charge >= 0.3 is 0 Å². The van der Waals surface area contributed by atoms with Crippen LogP contribution in [0.4, 0.5) is 0 Å². The van der Waals surface area contributed by atoms with E-state index in [2.05, 4.69) is 19.4 Å². The Morgan fingerprint density at radius 2 is 1.60 bits per heavy atom. The van der Waals surface area contributed by atoms with Crippen molar-refractivity contribution in [3.8, 4) is 0 Å². The molecule has 0 spiro atoms. The first kappa shape index (κ1) is 5.63. The van der Waals surface area contributed by atoms with Gasteiger partial charge in [0.25, 0.3) is 0 Å². The van der Waals surface area contributed by atoms with Gasteiger partial charge in [0.2, 0.25) is 0 Å². The lowest BCUT2D eigenvalue weighted by Crippen LogP contribution is -1.67. The van der Waals surface area contributed by atoms with E-state index in [1.165, 1.54) is 0 Å². The topological polar surface area (TPSA) is 40.5 Å². The molecule has 0 aliphatic rings. The SMILES string of the molecule is [B]P(O)(O)=S. The molecule has 0 unspecified atom stereocenters. The highest BCUT2D eigenvalue weighted by Crippen LogP contribution is 2.25. The lowest BCUT2D eigenvalue weighted by atomic mass is 10.8. The molecule has 0 aromatic heterocycles. The summed E-state index contributed by atoms with van der Waals surface area (Å²) in [6.45, 7) is 0. The van der Waals surface area contributed by atoms with E-state index in [0.29, 0.717) is 0 Å². The molecule has 0 fully saturated rings. The van der Waals surface area contributed by atoms with Crippen molar-refractivity contribution in [1.82, 2.24) is 0 Å². The monoisotopic (exact) mass is 108 g/mol. The van der Waals surface area contributed by atoms with E-state index >= 15 is 0 Å². The second kappa shape index (κ2) is 1.39. The zero-order chi connectivity index (χ0) is 4.50. The van der Waals surface area contributed by atoms with Crippen molar-refractivity contribution in [3.63, 3.8) is 0 Å². The van der Waals surface area contributed by atoms with Gasteiger partial charge in [-0.15, -0.1) is 0 Å². The van der Waals surface area contributed by atoms with Gasteiger partial charge in [-0.3, -0.25) is 0 Å². The third-order valence-electron chi connectivity index (χ3n) is 0. The van der Waals surface area contributed by atoms with E-state index in [9.17, 15) is 0 Å². The molecule has 0 aromatic rings. The molecular weight excluding hydrogens is 106 g/mol. The Labute approximate surface area is 36.4 Å². The molecule has 5 heavy (non-hydrogen) atoms. The molecule has 0 heterocycles. The lowest BCUT2D eigenvalue weighted by molar-refractivity contribution is 0.500. The summed E-state index contributed by atoms with van der Waals surface area (Å²) >= 11 is 3.83. The van der Waals surface area contributed by atoms with Crippen LogP contribution in [0.5, 0.6) is 0 Å². The third kappa shape index (κ3) is 79.8. The van der Waals surface area contributed by atoms with Crippen LogP contribution in [0.25, 0.3) is 0 Å². The number of hydrogen-bond donors (Lipinski definition) is 2. The standard InChI is InChI=1S/BH2O2PS/c1-4(2,3)5/h(H2,2,3,5). The summed E-state index contributed by atoms with van der Waals surface area (Å²) in [6.07, 6.45) is -3.31. The first-order valence-corrected chi connectivity index (χ1v) is 3.62. The fourth-order valence-corrected chi connectivity index (χ4v) is 0. The Balaban J connectivity index is 3.47. The molecule has 0 aliphatic carbocycles. The smallest absolute Gasteiger partial charge is 0.199 e. The van der Waals surface area contributed by atoms with Gasteiger partial charge in [0, 0.05) is 0 Å². The first-order valence-electron chi connectivity index (χ1n) is 0.841. The minimum Gasteiger partial charge on any atom is -0.353 e. The van der Waals surface area contributed by atoms with E-state index in [-0.39, 0.29) is 0 Å². The minimum atomic E-state index is -3.31. The quantitative estimate of drug-likeness (QED) is 0.320. The van der Waals surface area contributed by atoms with Crippen molar-refractivity contribution < 1.29 is 9.79 Å². The molecule has 0 atom stereocenters. The molecule has 0 saturated heterocycles. The van der Waals surface area contributed by atoms with Gasteiger partial charge < -0.3 is 9.79 Å². The summed E-state index contributed by atoms with van der Waals surface area (Å²) in [6, 6.07) is 0. The third-order valence-corrected chi connectivity index (χ3v) is 0. The van der Waals surface area contributed by atoms with E-state index in [4.69, 9.17) is 9.79 Å². The maximum atomic E-state index is 7.78. The lowest BCUT2D eigenvalue weighted by Gasteiger charge is -1.91. The summed E-state index contributed by atoms with van der Waals surface area (Å²) < 4.78 is 0. The van der Waals surface area contributed by atoms with Crippen molar-refractivity contribution >= 4 is 25.7 Å². The van der Waals surface area contributed by atoms with Crippen LogP contribution >= 0.6 is 6.37 Å². The maximum Gasteiger partial charge on any atom is 0.199 e. The normalized spacial score (nSPS) is 11.6. The van der Waals surface area contributed by atoms with Crippen molar-refractivity contribution in [2.24, 2.45) is 0 Å². The van der Waals surface area contributed by atoms with E-state index < -0.39 is 6.37 Å². The van der Waals surface area contributed by atoms with E-state index in [1.54, 1.807) is 0 Å². The number of rotatable bonds is 0. The summed E-state index contributed by atoms with van der Waals surface area (Å²) in [4.78, 5) is 15.6. The van der Waals surface area contributed by atoms with Crippen LogP contribution in [0.15, 0.2) is 0 Å². The van der Waals surface area contributed by atoms with Crippen LogP contribution in [-0.4, -0.2) is 17.4 Å². The second-order valence-electron chi connectivity index (χ2n) is 0.589. The zero-order valence-corrected chi connectivity index (χ0v) is 4.04. The Bertz CT molecular complexity index is 55.8. The maximum absolute atomic E-state index is 7.78. The molecule has 28 valence electrons. The van der Waals surface area contributed by atoms with Gasteiger partial charge in [0.05, 0.1) is 0 Å². The van der Waals surface area contributed by atoms with Crippen LogP contribution < -0.4 is 0 Å². The van der Waals surface area contributed by atoms with Gasteiger partial charge in [0.1, 0.15) is 6.37 Å². The Kier molecular flexibility index (Phi) is 1.57. The molecule has 0 bridgehead atoms. The Morgan fingerprint density at radius 3 is 1.60 bits per heavy atom. The minimum absolute atomic E-state index is 3.31. The van der Waals surface area contributed by atoms with Crippen LogP contribution in [0.2, 0.25) is 0 Å². The Morgan fingerprint density at radius 1 is 1.60 bits per heavy atom. The molecule has 2 N–H and O–H groups in total. The molecule has 0 aliphatic heterocycles. The number of hydrogen-bond acceptors (Lipinski definition) is 1. The molecular formula is H2BO2PS. The molecule has 0 aromatic carbocycles. The fraction of sp³-hybridized carbons (Fsp3) is 0. The highest BCUT2D eigenvalue weighted by atomic mass is 32.4. The van der Waals surface area contributed by atoms with Crippen molar-refractivity contribution in [2.45, 2.75) is 0 Å². The largest absolute Gasteiger partial charge is 0.353 e. The summed E-state index contributed by atoms with van der Waals surface area (Å²) in [5.74, 6) is 0. The fourth-order valence-electron chi connectivity index (χ4n) is 0. The van der Waals surface area contributed by atoms with Gasteiger partial charge in [-0.25, -0.2) is 0 Å². The van der Waals surface area contributed by atoms with E-state index in [1.807, 2.05) is 0 Å². The molecule has 2 radical (unpaired) electrons. The van der Waals surface area contributed by atoms with Gasteiger partial charge in [-0.05, 0) is 11.8 Å². The van der Waals surface area contributed by atoms with Gasteiger partial charge in [-0.2, -0.15) is 0 Å². The average molecular weight is 108 g/mol. The summed E-state index contributed by atoms with van der Waals surface area (Å²) in [5, 5.41) is 0. The second-order valence-corrected chi connectivity index (χ2v) is 3.38. The average Bonchev–Trinajstić information content (AvgIpc) is 0.722. The predicted octanol–water partition coefficient (Wildman–Crippen LogP) is -0.636. The highest BCUT2D eigenvalue weighted by molar-refractivity contribution is 8.20. The van der Waals surface area contributed by atoms with Gasteiger partial charge in [0.15, 0.2) is 7.57 Å². The molecule has 0 saturated carbocycles. The molecule has 0 rings (SSSR count). The van der Waals surface area contributed by atoms with Crippen LogP contribution in [0.1, 0.15) is 0 Å². The van der Waals surface area contributed by atoms with Crippen LogP contribution in [0.3, 0.4) is 0 Å². The van der Waals surface area contributed by atoms with Crippen LogP contribution in [0, 0.1) is 0 Å². The van der Waals surface area contributed by atoms with Gasteiger partial charge in [-0.1, -0.05) is 0 Å². The summed E-state index contributed by atoms with van der Waals surface area (Å²) in [7, 11) is 4.39. The molecule has 5 heteroatoms. The van der Waals surface area contributed by atoms with Crippen molar-refractivity contribution in [3.05, 3.63) is 0 Å². The molecule has 2 nitrogen and oxygen atoms in total. The Hall–Kier alpha value is 0.635. The highest BCUT2D eigenvalue weighted by Gasteiger charge is 1.88.